The number of benzene rings is 1. The number of hydrogen-bond acceptors (Lipinski definition) is 0. The minimum Gasteiger partial charge on any atom is -0.189 e. The second-order valence-electron chi connectivity index (χ2n) is 10.8. The first-order valence-electron chi connectivity index (χ1n) is 11.7. The van der Waals surface area contributed by atoms with E-state index < -0.39 is 8.07 Å². The van der Waals surface area contributed by atoms with Crippen molar-refractivity contribution in [3.05, 3.63) is 58.3 Å². The predicted octanol–water partition coefficient (Wildman–Crippen LogP) is 7.65. The lowest BCUT2D eigenvalue weighted by Gasteiger charge is -2.47. The van der Waals surface area contributed by atoms with Gasteiger partial charge in [-0.1, -0.05) is 56.4 Å². The van der Waals surface area contributed by atoms with E-state index in [0.717, 1.165) is 12.8 Å². The first-order chi connectivity index (χ1) is 13.9. The molecule has 0 saturated carbocycles. The Kier molecular flexibility index (Phi) is 5.73. The molecule has 2 atom stereocenters. The van der Waals surface area contributed by atoms with Gasteiger partial charge in [0.15, 0.2) is 11.2 Å². The Hall–Kier alpha value is -1.67. The molecule has 1 nitrogen and oxygen atoms in total. The number of rotatable bonds is 4. The Morgan fingerprint density at radius 2 is 1.63 bits per heavy atom. The number of nitrogens with zero attached hydrogens (tertiary/aromatic N) is 1. The van der Waals surface area contributed by atoms with E-state index in [2.05, 4.69) is 110 Å². The van der Waals surface area contributed by atoms with Crippen LogP contribution in [-0.2, 0) is 11.0 Å². The third kappa shape index (κ3) is 3.06. The zero-order valence-corrected chi connectivity index (χ0v) is 22.2. The van der Waals surface area contributed by atoms with Gasteiger partial charge in [-0.3, -0.25) is 0 Å². The van der Waals surface area contributed by atoms with E-state index in [1.165, 1.54) is 33.6 Å². The molecule has 162 valence electrons. The Bertz CT molecular complexity index is 1020. The van der Waals surface area contributed by atoms with Gasteiger partial charge < -0.3 is 0 Å². The summed E-state index contributed by atoms with van der Waals surface area (Å²) in [7, 11) is -1.45. The van der Waals surface area contributed by atoms with Gasteiger partial charge in [0.25, 0.3) is 0 Å². The van der Waals surface area contributed by atoms with Crippen molar-refractivity contribution in [2.45, 2.75) is 98.8 Å². The third-order valence-electron chi connectivity index (χ3n) is 8.15. The normalized spacial score (nSPS) is 23.9. The fourth-order valence-electron chi connectivity index (χ4n) is 6.31. The molecule has 3 rings (SSSR count). The summed E-state index contributed by atoms with van der Waals surface area (Å²) in [5.74, 6) is 0. The highest BCUT2D eigenvalue weighted by atomic mass is 28.3. The van der Waals surface area contributed by atoms with Crippen molar-refractivity contribution in [1.29, 1.82) is 0 Å². The summed E-state index contributed by atoms with van der Waals surface area (Å²) in [5.41, 5.74) is 10.2. The number of pyridine rings is 1. The first-order valence-corrected chi connectivity index (χ1v) is 15.2. The molecule has 2 heteroatoms. The third-order valence-corrected chi connectivity index (χ3v) is 10.3. The van der Waals surface area contributed by atoms with Crippen molar-refractivity contribution in [2.75, 3.05) is 0 Å². The number of aryl methyl sites for hydroxylation is 2. The molecule has 30 heavy (non-hydrogen) atoms. The molecule has 2 heterocycles. The van der Waals surface area contributed by atoms with Crippen molar-refractivity contribution < 1.29 is 4.57 Å². The molecule has 0 N–H and O–H groups in total. The summed E-state index contributed by atoms with van der Waals surface area (Å²) in [6.07, 6.45) is 4.62. The van der Waals surface area contributed by atoms with Crippen LogP contribution in [0.15, 0.2) is 30.3 Å². The molecule has 0 radical (unpaired) electrons. The van der Waals surface area contributed by atoms with Gasteiger partial charge in [-0.25, -0.2) is 0 Å². The van der Waals surface area contributed by atoms with Crippen LogP contribution in [0.1, 0.15) is 75.4 Å². The van der Waals surface area contributed by atoms with Gasteiger partial charge >= 0.3 is 0 Å². The van der Waals surface area contributed by atoms with Gasteiger partial charge in [-0.05, 0) is 57.4 Å². The van der Waals surface area contributed by atoms with Crippen LogP contribution in [0.3, 0.4) is 0 Å². The average molecular weight is 421 g/mol. The second-order valence-corrected chi connectivity index (χ2v) is 15.9. The monoisotopic (exact) mass is 420 g/mol. The van der Waals surface area contributed by atoms with Crippen molar-refractivity contribution in [3.8, 4) is 11.3 Å². The summed E-state index contributed by atoms with van der Waals surface area (Å²) in [6.45, 7) is 26.3. The van der Waals surface area contributed by atoms with Crippen LogP contribution in [-0.4, -0.2) is 8.07 Å². The molecule has 0 spiro atoms. The van der Waals surface area contributed by atoms with Gasteiger partial charge in [-0.15, -0.1) is 0 Å². The minimum absolute atomic E-state index is 0.0302. The zero-order valence-electron chi connectivity index (χ0n) is 21.2. The standard InChI is InChI=1S/C28H42NSi/c1-12-25(30(9,10)11)22-15-16-24-23-18-19(4)17-20(5)26(23)27(7,13-2)28(8,14-3)29(24)21(22)6/h12,15-18H,13-14H2,1-11H3/q+1. The molecule has 0 saturated heterocycles. The Morgan fingerprint density at radius 3 is 2.13 bits per heavy atom. The van der Waals surface area contributed by atoms with Gasteiger partial charge in [0.05, 0.1) is 19.1 Å². The fraction of sp³-hybridized carbons (Fsp3) is 0.536. The second kappa shape index (κ2) is 7.48. The van der Waals surface area contributed by atoms with Gasteiger partial charge in [0.1, 0.15) is 0 Å². The first kappa shape index (κ1) is 23.0. The Morgan fingerprint density at radius 1 is 1.00 bits per heavy atom. The zero-order chi connectivity index (χ0) is 22.6. The fourth-order valence-corrected chi connectivity index (χ4v) is 8.24. The van der Waals surface area contributed by atoms with Crippen molar-refractivity contribution in [1.82, 2.24) is 0 Å². The quantitative estimate of drug-likeness (QED) is 0.353. The molecule has 2 aromatic rings. The van der Waals surface area contributed by atoms with E-state index >= 15 is 0 Å². The smallest absolute Gasteiger partial charge is 0.189 e. The lowest BCUT2D eigenvalue weighted by atomic mass is 9.59. The van der Waals surface area contributed by atoms with Crippen LogP contribution in [0.2, 0.25) is 19.6 Å². The molecule has 1 aliphatic heterocycles. The lowest BCUT2D eigenvalue weighted by molar-refractivity contribution is -0.770. The van der Waals surface area contributed by atoms with Crippen molar-refractivity contribution in [2.24, 2.45) is 0 Å². The number of allylic oxidation sites excluding steroid dienone is 1. The molecule has 1 aromatic heterocycles. The van der Waals surface area contributed by atoms with Crippen LogP contribution in [0.4, 0.5) is 0 Å². The van der Waals surface area contributed by atoms with Gasteiger partial charge in [-0.2, -0.15) is 4.57 Å². The highest BCUT2D eigenvalue weighted by Gasteiger charge is 2.57. The Balaban J connectivity index is 2.51. The molecule has 1 aliphatic rings. The van der Waals surface area contributed by atoms with Crippen molar-refractivity contribution in [3.63, 3.8) is 0 Å². The molecule has 0 amide bonds. The van der Waals surface area contributed by atoms with Crippen molar-refractivity contribution >= 4 is 13.3 Å². The summed E-state index contributed by atoms with van der Waals surface area (Å²) in [6, 6.07) is 9.61. The topological polar surface area (TPSA) is 3.88 Å². The van der Waals surface area contributed by atoms with E-state index in [-0.39, 0.29) is 11.0 Å². The molecule has 0 fully saturated rings. The summed E-state index contributed by atoms with van der Waals surface area (Å²) < 4.78 is 2.72. The summed E-state index contributed by atoms with van der Waals surface area (Å²) >= 11 is 0. The summed E-state index contributed by atoms with van der Waals surface area (Å²) in [5, 5.41) is 1.57. The Labute approximate surface area is 186 Å². The maximum atomic E-state index is 2.72. The molecular formula is C28H42NSi+. The van der Waals surface area contributed by atoms with E-state index in [9.17, 15) is 0 Å². The lowest BCUT2D eigenvalue weighted by Crippen LogP contribution is -2.69. The van der Waals surface area contributed by atoms with Crippen LogP contribution in [0, 0.1) is 20.8 Å². The predicted molar refractivity (Wildman–Crippen MR) is 135 cm³/mol. The molecule has 0 bridgehead atoms. The van der Waals surface area contributed by atoms with E-state index in [1.54, 1.807) is 10.8 Å². The number of aromatic nitrogens is 1. The number of hydrogen-bond donors (Lipinski definition) is 0. The molecule has 0 aliphatic carbocycles. The van der Waals surface area contributed by atoms with Gasteiger partial charge in [0, 0.05) is 31.9 Å². The van der Waals surface area contributed by atoms with Crippen LogP contribution in [0.25, 0.3) is 16.5 Å². The molecular weight excluding hydrogens is 378 g/mol. The van der Waals surface area contributed by atoms with Crippen LogP contribution in [0.5, 0.6) is 0 Å². The average Bonchev–Trinajstić information content (AvgIpc) is 2.66. The molecule has 2 unspecified atom stereocenters. The highest BCUT2D eigenvalue weighted by molar-refractivity contribution is 6.93. The van der Waals surface area contributed by atoms with Crippen LogP contribution < -0.4 is 4.57 Å². The maximum Gasteiger partial charge on any atom is 0.213 e. The van der Waals surface area contributed by atoms with E-state index in [0.29, 0.717) is 0 Å². The van der Waals surface area contributed by atoms with E-state index in [4.69, 9.17) is 0 Å². The maximum absolute atomic E-state index is 2.72. The van der Waals surface area contributed by atoms with Gasteiger partial charge in [0.2, 0.25) is 5.69 Å². The SMILES string of the molecule is CC=C(c1ccc2[n+](c1C)C(C)(CC)C(C)(CC)c1c(C)cc(C)cc1-2)[Si](C)(C)C. The largest absolute Gasteiger partial charge is 0.213 e. The van der Waals surface area contributed by atoms with Crippen LogP contribution >= 0.6 is 0 Å². The minimum atomic E-state index is -1.45. The highest BCUT2D eigenvalue weighted by Crippen LogP contribution is 2.51. The van der Waals surface area contributed by atoms with E-state index in [1.807, 2.05) is 0 Å². The molecule has 1 aromatic carbocycles. The summed E-state index contributed by atoms with van der Waals surface area (Å²) in [4.78, 5) is 0. The number of fused-ring (bicyclic) bond motifs is 3.